The van der Waals surface area contributed by atoms with E-state index in [1.165, 1.54) is 23.9 Å². The van der Waals surface area contributed by atoms with Crippen molar-refractivity contribution < 1.29 is 28.3 Å². The number of halogens is 2. The number of amides is 4. The monoisotopic (exact) mass is 709 g/mol. The van der Waals surface area contributed by atoms with Gasteiger partial charge in [-0.2, -0.15) is 0 Å². The second kappa shape index (κ2) is 12.8. The Labute approximate surface area is 289 Å². The van der Waals surface area contributed by atoms with Gasteiger partial charge in [0.1, 0.15) is 28.5 Å². The van der Waals surface area contributed by atoms with Crippen LogP contribution in [0.4, 0.5) is 21.8 Å². The van der Waals surface area contributed by atoms with Crippen LogP contribution in [0, 0.1) is 11.2 Å². The topological polar surface area (TPSA) is 199 Å². The number of imide groups is 2. The normalized spacial score (nSPS) is 23.4. The molecule has 3 atom stereocenters. The summed E-state index contributed by atoms with van der Waals surface area (Å²) in [6.45, 7) is 4.13. The predicted molar refractivity (Wildman–Crippen MR) is 177 cm³/mol. The average molecular weight is 710 g/mol. The lowest BCUT2D eigenvalue weighted by molar-refractivity contribution is -0.136. The van der Waals surface area contributed by atoms with Crippen LogP contribution in [0.2, 0.25) is 5.02 Å². The van der Waals surface area contributed by atoms with E-state index < -0.39 is 35.5 Å². The molecule has 3 fully saturated rings. The van der Waals surface area contributed by atoms with Crippen molar-refractivity contribution in [3.63, 3.8) is 0 Å². The molecule has 0 aliphatic carbocycles. The minimum atomic E-state index is -1.17. The number of nitrogens with two attached hydrogens (primary N) is 2. The van der Waals surface area contributed by atoms with Crippen LogP contribution in [-0.4, -0.2) is 81.4 Å². The van der Waals surface area contributed by atoms with E-state index in [0.29, 0.717) is 46.0 Å². The Balaban J connectivity index is 1.01. The first kappa shape index (κ1) is 33.1. The van der Waals surface area contributed by atoms with Crippen LogP contribution < -0.4 is 27.0 Å². The maximum atomic E-state index is 15.4. The maximum absolute atomic E-state index is 15.4. The molecule has 4 aliphatic heterocycles. The molecule has 6 N–H and O–H groups in total. The second-order valence-corrected chi connectivity index (χ2v) is 14.1. The van der Waals surface area contributed by atoms with Gasteiger partial charge in [0, 0.05) is 48.6 Å². The first-order chi connectivity index (χ1) is 23.5. The lowest BCUT2D eigenvalue weighted by Gasteiger charge is -2.43. The highest BCUT2D eigenvalue weighted by Crippen LogP contribution is 2.44. The number of pyridine rings is 1. The third kappa shape index (κ3) is 5.96. The minimum Gasteiger partial charge on any atom is -0.382 e. The summed E-state index contributed by atoms with van der Waals surface area (Å²) in [5.41, 5.74) is 11.9. The van der Waals surface area contributed by atoms with Gasteiger partial charge in [0.25, 0.3) is 11.8 Å². The van der Waals surface area contributed by atoms with Crippen LogP contribution >= 0.6 is 23.4 Å². The fourth-order valence-corrected chi connectivity index (χ4v) is 8.19. The van der Waals surface area contributed by atoms with E-state index in [1.54, 1.807) is 18.5 Å². The summed E-state index contributed by atoms with van der Waals surface area (Å²) in [6.07, 6.45) is 4.66. The number of anilines is 3. The number of nitrogen functional groups attached to an aromatic ring is 2. The summed E-state index contributed by atoms with van der Waals surface area (Å²) in [6, 6.07) is 3.23. The molecule has 4 aliphatic rings. The lowest BCUT2D eigenvalue weighted by Crippen LogP contribution is -2.54. The number of hydrogen-bond donors (Lipinski definition) is 4. The Bertz CT molecular complexity index is 1890. The molecular formula is C32H33ClFN9O5S. The van der Waals surface area contributed by atoms with Crippen molar-refractivity contribution >= 4 is 64.4 Å². The quantitative estimate of drug-likeness (QED) is 0.261. The zero-order valence-electron chi connectivity index (χ0n) is 26.4. The van der Waals surface area contributed by atoms with Gasteiger partial charge in [-0.25, -0.2) is 19.3 Å². The van der Waals surface area contributed by atoms with E-state index in [-0.39, 0.29) is 59.7 Å². The summed E-state index contributed by atoms with van der Waals surface area (Å²) in [4.78, 5) is 67.1. The molecule has 2 aromatic heterocycles. The van der Waals surface area contributed by atoms with Crippen molar-refractivity contribution in [2.45, 2.75) is 67.3 Å². The van der Waals surface area contributed by atoms with Crippen LogP contribution in [0.5, 0.6) is 0 Å². The largest absolute Gasteiger partial charge is 0.382 e. The fourth-order valence-electron chi connectivity index (χ4n) is 7.17. The number of rotatable bonds is 7. The zero-order valence-corrected chi connectivity index (χ0v) is 27.9. The van der Waals surface area contributed by atoms with E-state index >= 15 is 4.39 Å². The minimum absolute atomic E-state index is 0.00675. The Morgan fingerprint density at radius 1 is 1.14 bits per heavy atom. The van der Waals surface area contributed by atoms with E-state index in [9.17, 15) is 19.2 Å². The van der Waals surface area contributed by atoms with E-state index in [2.05, 4.69) is 30.5 Å². The van der Waals surface area contributed by atoms with Crippen LogP contribution in [-0.2, 0) is 20.9 Å². The number of carbonyl (C=O) groups is 4. The third-order valence-electron chi connectivity index (χ3n) is 9.76. The standard InChI is InChI=1S/C32H33ClFN9O5S/c1-15-25(38-12-16-10-17-23(18(34)11-16)31(47)43(30(17)46)19-2-3-22(44)41-28(19)45)32(14-48-15)5-8-42(9-6-32)21-13-39-29(27(36)40-21)49-20-4-7-37-26(35)24(20)33/h4,7,10-11,13,15,19,25,38H,2-3,5-6,8-9,12,14H2,1H3,(H2,35,37)(H2,36,40)(H,41,44,45)/t15-,19?,25+/m0/s1. The highest BCUT2D eigenvalue weighted by Gasteiger charge is 2.50. The summed E-state index contributed by atoms with van der Waals surface area (Å²) >= 11 is 7.54. The van der Waals surface area contributed by atoms with Crippen molar-refractivity contribution in [3.05, 3.63) is 58.1 Å². The molecule has 1 spiro atoms. The maximum Gasteiger partial charge on any atom is 0.265 e. The summed E-state index contributed by atoms with van der Waals surface area (Å²) in [7, 11) is 0. The van der Waals surface area contributed by atoms with E-state index in [1.807, 2.05) is 6.92 Å². The molecule has 17 heteroatoms. The van der Waals surface area contributed by atoms with Crippen molar-refractivity contribution in [1.29, 1.82) is 0 Å². The van der Waals surface area contributed by atoms with Gasteiger partial charge in [0.15, 0.2) is 5.82 Å². The first-order valence-electron chi connectivity index (χ1n) is 15.8. The van der Waals surface area contributed by atoms with Gasteiger partial charge in [-0.3, -0.25) is 29.4 Å². The highest BCUT2D eigenvalue weighted by atomic mass is 35.5. The molecule has 1 aromatic carbocycles. The SMILES string of the molecule is C[C@@H]1OCC2(CCN(c3cnc(Sc4ccnc(N)c4Cl)c(N)n3)CC2)[C@@H]1NCc1cc(F)c2c(c1)C(=O)N(C1CCC(=O)NC1=O)C2=O. The molecular weight excluding hydrogens is 677 g/mol. The number of piperidine rings is 2. The summed E-state index contributed by atoms with van der Waals surface area (Å²) in [5.74, 6) is -2.54. The molecule has 1 unspecified atom stereocenters. The fraction of sp³-hybridized carbons (Fsp3) is 0.406. The second-order valence-electron chi connectivity index (χ2n) is 12.7. The molecule has 0 radical (unpaired) electrons. The van der Waals surface area contributed by atoms with Crippen molar-refractivity contribution in [3.8, 4) is 0 Å². The number of benzene rings is 1. The number of hydrogen-bond acceptors (Lipinski definition) is 13. The first-order valence-corrected chi connectivity index (χ1v) is 17.0. The molecule has 0 saturated carbocycles. The van der Waals surface area contributed by atoms with Gasteiger partial charge in [0.05, 0.1) is 35.1 Å². The predicted octanol–water partition coefficient (Wildman–Crippen LogP) is 2.54. The van der Waals surface area contributed by atoms with Crippen molar-refractivity contribution in [2.24, 2.45) is 5.41 Å². The smallest absolute Gasteiger partial charge is 0.265 e. The number of aromatic nitrogens is 3. The van der Waals surface area contributed by atoms with Gasteiger partial charge >= 0.3 is 0 Å². The van der Waals surface area contributed by atoms with Crippen molar-refractivity contribution in [1.82, 2.24) is 30.5 Å². The molecule has 6 heterocycles. The van der Waals surface area contributed by atoms with Crippen LogP contribution in [0.1, 0.15) is 58.9 Å². The molecule has 14 nitrogen and oxygen atoms in total. The van der Waals surface area contributed by atoms with Gasteiger partial charge in [-0.05, 0) is 49.9 Å². The molecule has 7 rings (SSSR count). The summed E-state index contributed by atoms with van der Waals surface area (Å²) < 4.78 is 21.5. The Hall–Kier alpha value is -4.38. The van der Waals surface area contributed by atoms with Crippen LogP contribution in [0.3, 0.4) is 0 Å². The van der Waals surface area contributed by atoms with Gasteiger partial charge < -0.3 is 26.4 Å². The van der Waals surface area contributed by atoms with Gasteiger partial charge in [-0.1, -0.05) is 23.4 Å². The van der Waals surface area contributed by atoms with Crippen LogP contribution in [0.15, 0.2) is 40.5 Å². The van der Waals surface area contributed by atoms with Gasteiger partial charge in [0.2, 0.25) is 11.8 Å². The van der Waals surface area contributed by atoms with Crippen molar-refractivity contribution in [2.75, 3.05) is 36.1 Å². The number of carbonyl (C=O) groups excluding carboxylic acids is 4. The summed E-state index contributed by atoms with van der Waals surface area (Å²) in [5, 5.41) is 6.53. The zero-order chi connectivity index (χ0) is 34.6. The molecule has 4 amide bonds. The molecule has 256 valence electrons. The van der Waals surface area contributed by atoms with E-state index in [0.717, 1.165) is 17.7 Å². The molecule has 3 aromatic rings. The number of nitrogens with zero attached hydrogens (tertiary/aromatic N) is 5. The lowest BCUT2D eigenvalue weighted by atomic mass is 9.73. The van der Waals surface area contributed by atoms with Crippen LogP contribution in [0.25, 0.3) is 0 Å². The number of ether oxygens (including phenoxy) is 1. The Morgan fingerprint density at radius 2 is 1.92 bits per heavy atom. The molecule has 3 saturated heterocycles. The molecule has 49 heavy (non-hydrogen) atoms. The Morgan fingerprint density at radius 3 is 2.65 bits per heavy atom. The number of fused-ring (bicyclic) bond motifs is 1. The van der Waals surface area contributed by atoms with E-state index in [4.69, 9.17) is 27.8 Å². The average Bonchev–Trinajstić information content (AvgIpc) is 3.51. The third-order valence-corrected chi connectivity index (χ3v) is 11.3. The Kier molecular flexibility index (Phi) is 8.67. The number of nitrogens with one attached hydrogen (secondary N) is 2. The highest BCUT2D eigenvalue weighted by molar-refractivity contribution is 7.99. The van der Waals surface area contributed by atoms with Gasteiger partial charge in [-0.15, -0.1) is 0 Å². The molecule has 0 bridgehead atoms.